The molecule has 1 heterocycles. The number of methoxy groups -OCH3 is 1. The van der Waals surface area contributed by atoms with Crippen LogP contribution in [0.4, 0.5) is 10.5 Å². The fraction of sp³-hybridized carbons (Fsp3) is 0.579. The summed E-state index contributed by atoms with van der Waals surface area (Å²) in [5, 5.41) is 5.13. The van der Waals surface area contributed by atoms with Gasteiger partial charge < -0.3 is 15.0 Å². The number of benzene rings is 1. The van der Waals surface area contributed by atoms with E-state index in [9.17, 15) is 9.59 Å². The number of carbonyl (C=O) groups excluding carboxylic acids is 2. The summed E-state index contributed by atoms with van der Waals surface area (Å²) in [7, 11) is 1.66. The molecule has 0 radical (unpaired) electrons. The maximum absolute atomic E-state index is 12.3. The molecular weight excluding hydrogens is 332 g/mol. The average molecular weight is 362 g/mol. The zero-order valence-electron chi connectivity index (χ0n) is 16.1. The molecule has 2 rings (SSSR count). The first kappa shape index (κ1) is 20.0. The van der Waals surface area contributed by atoms with Crippen LogP contribution in [0.2, 0.25) is 0 Å². The smallest absolute Gasteiger partial charge is 0.321 e. The number of urea groups is 1. The molecular formula is C19H30N4O3. The van der Waals surface area contributed by atoms with Crippen molar-refractivity contribution in [1.29, 1.82) is 0 Å². The van der Waals surface area contributed by atoms with Gasteiger partial charge in [-0.2, -0.15) is 0 Å². The Morgan fingerprint density at radius 2 is 1.69 bits per heavy atom. The Hall–Kier alpha value is -2.28. The minimum atomic E-state index is -0.424. The Kier molecular flexibility index (Phi) is 7.26. The van der Waals surface area contributed by atoms with Gasteiger partial charge in [0.25, 0.3) is 0 Å². The second kappa shape index (κ2) is 9.43. The summed E-state index contributed by atoms with van der Waals surface area (Å²) < 4.78 is 5.19. The molecule has 0 saturated carbocycles. The van der Waals surface area contributed by atoms with Gasteiger partial charge in [0.2, 0.25) is 5.91 Å². The molecule has 1 aliphatic rings. The molecule has 7 nitrogen and oxygen atoms in total. The third kappa shape index (κ3) is 5.62. The molecule has 0 aliphatic carbocycles. The molecule has 2 N–H and O–H groups in total. The third-order valence-electron chi connectivity index (χ3n) is 4.59. The summed E-state index contributed by atoms with van der Waals surface area (Å²) in [6.45, 7) is 9.62. The van der Waals surface area contributed by atoms with Gasteiger partial charge in [-0.25, -0.2) is 4.79 Å². The number of piperazine rings is 1. The van der Waals surface area contributed by atoms with E-state index in [2.05, 4.69) is 20.4 Å². The molecule has 1 aromatic carbocycles. The van der Waals surface area contributed by atoms with E-state index in [1.165, 1.54) is 0 Å². The predicted molar refractivity (Wildman–Crippen MR) is 103 cm³/mol. The quantitative estimate of drug-likeness (QED) is 0.806. The van der Waals surface area contributed by atoms with Gasteiger partial charge >= 0.3 is 6.03 Å². The number of imide groups is 1. The van der Waals surface area contributed by atoms with E-state index in [0.717, 1.165) is 37.6 Å². The zero-order chi connectivity index (χ0) is 19.1. The summed E-state index contributed by atoms with van der Waals surface area (Å²) in [6, 6.07) is 7.24. The second-order valence-corrected chi connectivity index (χ2v) is 6.99. The van der Waals surface area contributed by atoms with Crippen LogP contribution in [0.5, 0.6) is 5.75 Å². The van der Waals surface area contributed by atoms with Crippen molar-refractivity contribution in [3.05, 3.63) is 24.3 Å². The molecule has 3 amide bonds. The molecule has 1 fully saturated rings. The number of hydrogen-bond donors (Lipinski definition) is 2. The summed E-state index contributed by atoms with van der Waals surface area (Å²) >= 11 is 0. The molecule has 0 aromatic heterocycles. The summed E-state index contributed by atoms with van der Waals surface area (Å²) in [4.78, 5) is 28.4. The van der Waals surface area contributed by atoms with Gasteiger partial charge in [0, 0.05) is 38.4 Å². The number of carbonyl (C=O) groups is 2. The van der Waals surface area contributed by atoms with Crippen LogP contribution in [0.15, 0.2) is 24.3 Å². The van der Waals surface area contributed by atoms with Crippen LogP contribution in [0.1, 0.15) is 20.8 Å². The molecule has 0 spiro atoms. The van der Waals surface area contributed by atoms with Gasteiger partial charge in [-0.1, -0.05) is 13.8 Å². The molecule has 1 aliphatic heterocycles. The second-order valence-electron chi connectivity index (χ2n) is 6.99. The van der Waals surface area contributed by atoms with E-state index < -0.39 is 6.03 Å². The lowest BCUT2D eigenvalue weighted by Crippen LogP contribution is -2.55. The first-order chi connectivity index (χ1) is 12.4. The Bertz CT molecular complexity index is 595. The zero-order valence-corrected chi connectivity index (χ0v) is 16.1. The normalized spacial score (nSPS) is 16.3. The van der Waals surface area contributed by atoms with E-state index in [0.29, 0.717) is 12.5 Å². The van der Waals surface area contributed by atoms with Crippen molar-refractivity contribution in [2.45, 2.75) is 26.8 Å². The number of ether oxygens (including phenoxy) is 1. The minimum absolute atomic E-state index is 0.260. The average Bonchev–Trinajstić information content (AvgIpc) is 2.66. The topological polar surface area (TPSA) is 73.9 Å². The van der Waals surface area contributed by atoms with Gasteiger partial charge in [-0.3, -0.25) is 15.0 Å². The largest absolute Gasteiger partial charge is 0.497 e. The SMILES string of the molecule is COc1ccc(N2CCN(C(C)C(=O)NC(=O)NCC(C)C)CC2)cc1. The molecule has 1 aromatic rings. The lowest BCUT2D eigenvalue weighted by Gasteiger charge is -2.38. The van der Waals surface area contributed by atoms with Gasteiger partial charge in [0.15, 0.2) is 0 Å². The molecule has 1 atom stereocenters. The highest BCUT2D eigenvalue weighted by Gasteiger charge is 2.26. The van der Waals surface area contributed by atoms with E-state index in [-0.39, 0.29) is 11.9 Å². The molecule has 26 heavy (non-hydrogen) atoms. The van der Waals surface area contributed by atoms with Crippen molar-refractivity contribution < 1.29 is 14.3 Å². The summed E-state index contributed by atoms with van der Waals surface area (Å²) in [5.41, 5.74) is 1.15. The van der Waals surface area contributed by atoms with Crippen molar-refractivity contribution in [3.8, 4) is 5.75 Å². The first-order valence-electron chi connectivity index (χ1n) is 9.12. The fourth-order valence-corrected chi connectivity index (χ4v) is 2.88. The summed E-state index contributed by atoms with van der Waals surface area (Å²) in [5.74, 6) is 0.928. The Balaban J connectivity index is 1.80. The first-order valence-corrected chi connectivity index (χ1v) is 9.12. The summed E-state index contributed by atoms with van der Waals surface area (Å²) in [6.07, 6.45) is 0. The van der Waals surface area contributed by atoms with Crippen molar-refractivity contribution in [3.63, 3.8) is 0 Å². The maximum Gasteiger partial charge on any atom is 0.321 e. The van der Waals surface area contributed by atoms with Gasteiger partial charge in [0.1, 0.15) is 5.75 Å². The van der Waals surface area contributed by atoms with Gasteiger partial charge in [0.05, 0.1) is 13.2 Å². The number of anilines is 1. The Morgan fingerprint density at radius 1 is 1.08 bits per heavy atom. The number of hydrogen-bond acceptors (Lipinski definition) is 5. The van der Waals surface area contributed by atoms with E-state index in [4.69, 9.17) is 4.74 Å². The van der Waals surface area contributed by atoms with Gasteiger partial charge in [-0.05, 0) is 37.1 Å². The Morgan fingerprint density at radius 3 is 2.23 bits per heavy atom. The highest BCUT2D eigenvalue weighted by molar-refractivity contribution is 5.96. The predicted octanol–water partition coefficient (Wildman–Crippen LogP) is 1.69. The van der Waals surface area contributed by atoms with E-state index in [1.807, 2.05) is 45.0 Å². The molecule has 1 unspecified atom stereocenters. The van der Waals surface area contributed by atoms with E-state index in [1.54, 1.807) is 7.11 Å². The van der Waals surface area contributed by atoms with Crippen molar-refractivity contribution >= 4 is 17.6 Å². The van der Waals surface area contributed by atoms with Crippen LogP contribution >= 0.6 is 0 Å². The monoisotopic (exact) mass is 362 g/mol. The molecule has 144 valence electrons. The van der Waals surface area contributed by atoms with Crippen LogP contribution in [0.25, 0.3) is 0 Å². The van der Waals surface area contributed by atoms with Crippen LogP contribution in [0, 0.1) is 5.92 Å². The number of nitrogens with one attached hydrogen (secondary N) is 2. The van der Waals surface area contributed by atoms with Crippen molar-refractivity contribution in [1.82, 2.24) is 15.5 Å². The molecule has 0 bridgehead atoms. The molecule has 7 heteroatoms. The van der Waals surface area contributed by atoms with Crippen LogP contribution in [-0.2, 0) is 4.79 Å². The van der Waals surface area contributed by atoms with Crippen LogP contribution in [-0.4, -0.2) is 62.7 Å². The molecule has 1 saturated heterocycles. The van der Waals surface area contributed by atoms with Gasteiger partial charge in [-0.15, -0.1) is 0 Å². The lowest BCUT2D eigenvalue weighted by molar-refractivity contribution is -0.124. The van der Waals surface area contributed by atoms with Crippen molar-refractivity contribution in [2.24, 2.45) is 5.92 Å². The number of rotatable bonds is 6. The fourth-order valence-electron chi connectivity index (χ4n) is 2.88. The highest BCUT2D eigenvalue weighted by Crippen LogP contribution is 2.21. The maximum atomic E-state index is 12.3. The van der Waals surface area contributed by atoms with Crippen molar-refractivity contribution in [2.75, 3.05) is 44.7 Å². The highest BCUT2D eigenvalue weighted by atomic mass is 16.5. The number of amides is 3. The van der Waals surface area contributed by atoms with Crippen LogP contribution < -0.4 is 20.3 Å². The standard InChI is InChI=1S/C19H30N4O3/c1-14(2)13-20-19(25)21-18(24)15(3)22-9-11-23(12-10-22)16-5-7-17(26-4)8-6-16/h5-8,14-15H,9-13H2,1-4H3,(H2,20,21,24,25). The Labute approximate surface area is 155 Å². The van der Waals surface area contributed by atoms with E-state index >= 15 is 0 Å². The van der Waals surface area contributed by atoms with Crippen LogP contribution in [0.3, 0.4) is 0 Å². The third-order valence-corrected chi connectivity index (χ3v) is 4.59. The minimum Gasteiger partial charge on any atom is -0.497 e. The number of nitrogens with zero attached hydrogens (tertiary/aromatic N) is 2. The lowest BCUT2D eigenvalue weighted by atomic mass is 10.2.